The van der Waals surface area contributed by atoms with Gasteiger partial charge in [0.1, 0.15) is 4.60 Å². The number of benzene rings is 1. The molecule has 1 aromatic heterocycles. The van der Waals surface area contributed by atoms with Crippen molar-refractivity contribution >= 4 is 33.6 Å². The molecule has 0 fully saturated rings. The molecule has 0 bridgehead atoms. The van der Waals surface area contributed by atoms with E-state index in [2.05, 4.69) is 20.9 Å². The van der Waals surface area contributed by atoms with Gasteiger partial charge >= 0.3 is 18.4 Å². The van der Waals surface area contributed by atoms with E-state index in [9.17, 15) is 35.9 Å². The summed E-state index contributed by atoms with van der Waals surface area (Å²) in [5.41, 5.74) is -2.67. The van der Waals surface area contributed by atoms with Crippen LogP contribution < -0.4 is 4.90 Å². The van der Waals surface area contributed by atoms with Crippen molar-refractivity contribution in [1.82, 2.24) is 9.88 Å². The van der Waals surface area contributed by atoms with Gasteiger partial charge in [0.05, 0.1) is 34.7 Å². The number of hydrogen-bond acceptors (Lipinski definition) is 4. The maximum atomic E-state index is 13.4. The predicted molar refractivity (Wildman–Crippen MR) is 130 cm³/mol. The summed E-state index contributed by atoms with van der Waals surface area (Å²) in [4.78, 5) is 32.8. The SMILES string of the molecule is CC[C@H]1C[C@@H](N(Cc2cc(C(F)(F)F)cc(C(F)(F)F)c2)C(C)=O)c2nc(Br)ccc2N1C(=O)OC(C)C. The van der Waals surface area contributed by atoms with Gasteiger partial charge in [0, 0.05) is 19.5 Å². The molecule has 0 unspecified atom stereocenters. The highest BCUT2D eigenvalue weighted by Gasteiger charge is 2.42. The number of halogens is 7. The van der Waals surface area contributed by atoms with Crippen molar-refractivity contribution in [2.75, 3.05) is 4.90 Å². The molecule has 0 aliphatic carbocycles. The molecule has 208 valence electrons. The third-order valence-electron chi connectivity index (χ3n) is 6.09. The molecule has 2 atom stereocenters. The van der Waals surface area contributed by atoms with Crippen LogP contribution in [0.4, 0.5) is 36.8 Å². The van der Waals surface area contributed by atoms with Gasteiger partial charge < -0.3 is 9.64 Å². The van der Waals surface area contributed by atoms with Gasteiger partial charge in [-0.15, -0.1) is 0 Å². The maximum Gasteiger partial charge on any atom is 0.416 e. The first-order chi connectivity index (χ1) is 17.5. The van der Waals surface area contributed by atoms with Gasteiger partial charge in [-0.3, -0.25) is 9.69 Å². The van der Waals surface area contributed by atoms with Crippen molar-refractivity contribution in [3.05, 3.63) is 57.3 Å². The molecule has 2 aromatic rings. The van der Waals surface area contributed by atoms with Gasteiger partial charge in [-0.1, -0.05) is 6.92 Å². The van der Waals surface area contributed by atoms with Gasteiger partial charge in [-0.25, -0.2) is 9.78 Å². The van der Waals surface area contributed by atoms with E-state index in [0.29, 0.717) is 28.8 Å². The number of amides is 2. The Morgan fingerprint density at radius 3 is 2.16 bits per heavy atom. The van der Waals surface area contributed by atoms with E-state index in [1.807, 2.05) is 6.92 Å². The zero-order valence-corrected chi connectivity index (χ0v) is 22.5. The highest BCUT2D eigenvalue weighted by atomic mass is 79.9. The summed E-state index contributed by atoms with van der Waals surface area (Å²) in [7, 11) is 0. The summed E-state index contributed by atoms with van der Waals surface area (Å²) in [6, 6.07) is 3.13. The number of rotatable bonds is 5. The van der Waals surface area contributed by atoms with Crippen LogP contribution in [0.1, 0.15) is 69.0 Å². The Morgan fingerprint density at radius 1 is 1.11 bits per heavy atom. The summed E-state index contributed by atoms with van der Waals surface area (Å²) >= 11 is 3.26. The predicted octanol–water partition coefficient (Wildman–Crippen LogP) is 7.51. The van der Waals surface area contributed by atoms with E-state index in [1.54, 1.807) is 26.0 Å². The maximum absolute atomic E-state index is 13.4. The first-order valence-corrected chi connectivity index (χ1v) is 12.5. The first kappa shape index (κ1) is 29.7. The highest BCUT2D eigenvalue weighted by Crippen LogP contribution is 2.43. The average Bonchev–Trinajstić information content (AvgIpc) is 2.79. The number of aromatic nitrogens is 1. The zero-order chi connectivity index (χ0) is 28.6. The fourth-order valence-corrected chi connectivity index (χ4v) is 4.76. The molecule has 2 heterocycles. The van der Waals surface area contributed by atoms with Crippen molar-refractivity contribution in [2.24, 2.45) is 0 Å². The van der Waals surface area contributed by atoms with Crippen LogP contribution in [0.15, 0.2) is 34.9 Å². The van der Waals surface area contributed by atoms with E-state index in [-0.39, 0.29) is 23.7 Å². The minimum Gasteiger partial charge on any atom is -0.446 e. The summed E-state index contributed by atoms with van der Waals surface area (Å²) in [6.45, 7) is 5.83. The van der Waals surface area contributed by atoms with Gasteiger partial charge in [-0.05, 0) is 78.5 Å². The summed E-state index contributed by atoms with van der Waals surface area (Å²) in [5.74, 6) is -0.582. The lowest BCUT2D eigenvalue weighted by atomic mass is 9.91. The van der Waals surface area contributed by atoms with E-state index >= 15 is 0 Å². The van der Waals surface area contributed by atoms with Crippen molar-refractivity contribution in [2.45, 2.75) is 77.6 Å². The number of carbonyl (C=O) groups is 2. The fourth-order valence-electron chi connectivity index (χ4n) is 4.44. The van der Waals surface area contributed by atoms with Crippen LogP contribution in [0.2, 0.25) is 0 Å². The van der Waals surface area contributed by atoms with Gasteiger partial charge in [0.2, 0.25) is 5.91 Å². The highest BCUT2D eigenvalue weighted by molar-refractivity contribution is 9.10. The topological polar surface area (TPSA) is 62.7 Å². The molecule has 0 saturated heterocycles. The van der Waals surface area contributed by atoms with Crippen molar-refractivity contribution in [3.8, 4) is 0 Å². The minimum atomic E-state index is -5.02. The normalized spacial score (nSPS) is 17.8. The summed E-state index contributed by atoms with van der Waals surface area (Å²) in [5, 5.41) is 0. The Morgan fingerprint density at radius 2 is 1.68 bits per heavy atom. The summed E-state index contributed by atoms with van der Waals surface area (Å²) in [6.07, 6.45) is -10.5. The fraction of sp³-hybridized carbons (Fsp3) is 0.480. The van der Waals surface area contributed by atoms with E-state index in [4.69, 9.17) is 4.74 Å². The molecule has 0 spiro atoms. The van der Waals surface area contributed by atoms with Crippen LogP contribution >= 0.6 is 15.9 Å². The Balaban J connectivity index is 2.12. The lowest BCUT2D eigenvalue weighted by Gasteiger charge is -2.43. The zero-order valence-electron chi connectivity index (χ0n) is 21.0. The molecule has 3 rings (SSSR count). The number of fused-ring (bicyclic) bond motifs is 1. The number of nitrogens with zero attached hydrogens (tertiary/aromatic N) is 3. The smallest absolute Gasteiger partial charge is 0.416 e. The van der Waals surface area contributed by atoms with E-state index < -0.39 is 60.2 Å². The average molecular weight is 610 g/mol. The van der Waals surface area contributed by atoms with E-state index in [0.717, 1.165) is 0 Å². The minimum absolute atomic E-state index is 0.0432. The third-order valence-corrected chi connectivity index (χ3v) is 6.53. The number of carbonyl (C=O) groups excluding carboxylic acids is 2. The Bertz CT molecular complexity index is 1170. The third kappa shape index (κ3) is 6.59. The molecule has 2 amide bonds. The van der Waals surface area contributed by atoms with Crippen LogP contribution in [0.25, 0.3) is 0 Å². The van der Waals surface area contributed by atoms with Gasteiger partial charge in [0.15, 0.2) is 0 Å². The molecule has 1 aliphatic heterocycles. The van der Waals surface area contributed by atoms with Gasteiger partial charge in [-0.2, -0.15) is 26.3 Å². The lowest BCUT2D eigenvalue weighted by molar-refractivity contribution is -0.143. The Kier molecular flexibility index (Phi) is 8.69. The van der Waals surface area contributed by atoms with E-state index in [1.165, 1.54) is 16.7 Å². The molecule has 1 aliphatic rings. The molecular formula is C25H26BrF6N3O3. The number of hydrogen-bond donors (Lipinski definition) is 0. The van der Waals surface area contributed by atoms with Crippen LogP contribution in [-0.4, -0.2) is 34.0 Å². The van der Waals surface area contributed by atoms with Crippen molar-refractivity contribution < 1.29 is 40.7 Å². The van der Waals surface area contributed by atoms with Crippen molar-refractivity contribution in [1.29, 1.82) is 0 Å². The second kappa shape index (κ2) is 11.1. The van der Waals surface area contributed by atoms with Crippen LogP contribution in [0.5, 0.6) is 0 Å². The number of anilines is 1. The molecule has 6 nitrogen and oxygen atoms in total. The second-order valence-electron chi connectivity index (χ2n) is 9.22. The molecule has 13 heteroatoms. The second-order valence-corrected chi connectivity index (χ2v) is 10.0. The molecule has 0 N–H and O–H groups in total. The van der Waals surface area contributed by atoms with Crippen LogP contribution in [0, 0.1) is 0 Å². The number of pyridine rings is 1. The molecule has 38 heavy (non-hydrogen) atoms. The summed E-state index contributed by atoms with van der Waals surface area (Å²) < 4.78 is 86.3. The first-order valence-electron chi connectivity index (χ1n) is 11.7. The number of alkyl halides is 6. The largest absolute Gasteiger partial charge is 0.446 e. The quantitative estimate of drug-likeness (QED) is 0.260. The Labute approximate surface area is 224 Å². The molecular weight excluding hydrogens is 584 g/mol. The molecule has 0 radical (unpaired) electrons. The number of ether oxygens (including phenoxy) is 1. The van der Waals surface area contributed by atoms with Crippen LogP contribution in [-0.2, 0) is 28.4 Å². The van der Waals surface area contributed by atoms with Crippen LogP contribution in [0.3, 0.4) is 0 Å². The van der Waals surface area contributed by atoms with Crippen molar-refractivity contribution in [3.63, 3.8) is 0 Å². The molecule has 0 saturated carbocycles. The molecule has 1 aromatic carbocycles. The Hall–Kier alpha value is -2.83. The lowest BCUT2D eigenvalue weighted by Crippen LogP contribution is -2.49. The van der Waals surface area contributed by atoms with Gasteiger partial charge in [0.25, 0.3) is 0 Å². The standard InChI is InChI=1S/C25H26BrF6N3O3/c1-5-18-11-20(22-19(6-7-21(26)33-22)35(18)23(37)38-13(2)3)34(14(4)36)12-15-8-16(24(27,28)29)10-17(9-15)25(30,31)32/h6-10,13,18,20H,5,11-12H2,1-4H3/t18-,20+/m0/s1. The monoisotopic (exact) mass is 609 g/mol.